The Balaban J connectivity index is 1.74. The molecule has 2 aromatic carbocycles. The average Bonchev–Trinajstić information content (AvgIpc) is 2.73. The molecule has 4 aromatic rings. The van der Waals surface area contributed by atoms with Crippen LogP contribution in [-0.4, -0.2) is 27.6 Å². The second-order valence-electron chi connectivity index (χ2n) is 6.56. The van der Waals surface area contributed by atoms with Crippen molar-refractivity contribution < 1.29 is 14.3 Å². The zero-order valence-corrected chi connectivity index (χ0v) is 15.7. The molecule has 0 aliphatic rings. The number of pyridine rings is 2. The van der Waals surface area contributed by atoms with Crippen LogP contribution in [0.1, 0.15) is 17.3 Å². The molecule has 0 saturated heterocycles. The van der Waals surface area contributed by atoms with Crippen molar-refractivity contribution in [1.82, 2.24) is 9.97 Å². The first-order valence-electron chi connectivity index (χ1n) is 9.19. The Morgan fingerprint density at radius 1 is 1.03 bits per heavy atom. The minimum atomic E-state index is -1.14. The van der Waals surface area contributed by atoms with Crippen LogP contribution in [0.3, 0.4) is 0 Å². The lowest BCUT2D eigenvalue weighted by atomic mass is 10.0. The number of carboxylic acids is 1. The highest BCUT2D eigenvalue weighted by atomic mass is 19.1. The molecule has 2 heterocycles. The summed E-state index contributed by atoms with van der Waals surface area (Å²) < 4.78 is 13.5. The molecule has 0 saturated carbocycles. The second kappa shape index (κ2) is 7.67. The van der Waals surface area contributed by atoms with E-state index < -0.39 is 11.8 Å². The van der Waals surface area contributed by atoms with E-state index in [4.69, 9.17) is 0 Å². The van der Waals surface area contributed by atoms with Gasteiger partial charge in [0.1, 0.15) is 5.82 Å². The molecule has 0 aliphatic heterocycles. The summed E-state index contributed by atoms with van der Waals surface area (Å²) in [6.45, 7) is 2.88. The molecule has 2 N–H and O–H groups in total. The van der Waals surface area contributed by atoms with Crippen LogP contribution >= 0.6 is 0 Å². The molecular weight excluding hydrogens is 369 g/mol. The van der Waals surface area contributed by atoms with Crippen molar-refractivity contribution in [2.45, 2.75) is 6.92 Å². The Labute approximate surface area is 166 Å². The number of rotatable bonds is 5. The molecule has 5 nitrogen and oxygen atoms in total. The standard InChI is InChI=1S/C23H18FN3O2/c1-2-25-17-5-3-4-14(10-17)15-6-8-21(26-13-15)22-12-19(23(28)29)18-11-16(24)7-9-20(18)27-22/h3-13,25H,2H2,1H3,(H,28,29). The van der Waals surface area contributed by atoms with Crippen molar-refractivity contribution in [3.63, 3.8) is 0 Å². The number of carboxylic acid groups (broad SMARTS) is 1. The van der Waals surface area contributed by atoms with Gasteiger partial charge in [0, 0.05) is 29.4 Å². The first kappa shape index (κ1) is 18.6. The van der Waals surface area contributed by atoms with Crippen LogP contribution in [0, 0.1) is 5.82 Å². The van der Waals surface area contributed by atoms with E-state index in [1.807, 2.05) is 37.3 Å². The van der Waals surface area contributed by atoms with Crippen molar-refractivity contribution >= 4 is 22.6 Å². The lowest BCUT2D eigenvalue weighted by Gasteiger charge is -2.09. The number of nitrogens with one attached hydrogen (secondary N) is 1. The van der Waals surface area contributed by atoms with Gasteiger partial charge < -0.3 is 10.4 Å². The third kappa shape index (κ3) is 3.78. The van der Waals surface area contributed by atoms with Crippen LogP contribution < -0.4 is 5.32 Å². The quantitative estimate of drug-likeness (QED) is 0.490. The van der Waals surface area contributed by atoms with Crippen molar-refractivity contribution in [2.75, 3.05) is 11.9 Å². The number of hydrogen-bond donors (Lipinski definition) is 2. The number of halogens is 1. The second-order valence-corrected chi connectivity index (χ2v) is 6.56. The molecule has 29 heavy (non-hydrogen) atoms. The number of fused-ring (bicyclic) bond motifs is 1. The molecule has 0 spiro atoms. The van der Waals surface area contributed by atoms with Gasteiger partial charge >= 0.3 is 5.97 Å². The maximum Gasteiger partial charge on any atom is 0.336 e. The average molecular weight is 387 g/mol. The van der Waals surface area contributed by atoms with Gasteiger partial charge in [-0.15, -0.1) is 0 Å². The summed E-state index contributed by atoms with van der Waals surface area (Å²) in [6, 6.07) is 17.1. The highest BCUT2D eigenvalue weighted by Crippen LogP contribution is 2.27. The van der Waals surface area contributed by atoms with E-state index in [1.165, 1.54) is 24.3 Å². The fourth-order valence-corrected chi connectivity index (χ4v) is 3.24. The summed E-state index contributed by atoms with van der Waals surface area (Å²) in [4.78, 5) is 20.6. The lowest BCUT2D eigenvalue weighted by molar-refractivity contribution is 0.0699. The predicted molar refractivity (Wildman–Crippen MR) is 111 cm³/mol. The third-order valence-corrected chi connectivity index (χ3v) is 4.60. The zero-order valence-electron chi connectivity index (χ0n) is 15.7. The molecule has 144 valence electrons. The van der Waals surface area contributed by atoms with E-state index >= 15 is 0 Å². The fraction of sp³-hybridized carbons (Fsp3) is 0.0870. The van der Waals surface area contributed by atoms with Gasteiger partial charge in [-0.25, -0.2) is 14.2 Å². The number of aromatic nitrogens is 2. The number of hydrogen-bond acceptors (Lipinski definition) is 4. The first-order valence-corrected chi connectivity index (χ1v) is 9.19. The molecule has 0 radical (unpaired) electrons. The molecule has 0 amide bonds. The van der Waals surface area contributed by atoms with Gasteiger partial charge in [0.15, 0.2) is 0 Å². The van der Waals surface area contributed by atoms with Crippen LogP contribution in [0.25, 0.3) is 33.4 Å². The highest BCUT2D eigenvalue weighted by molar-refractivity contribution is 6.03. The molecule has 2 aromatic heterocycles. The molecule has 4 rings (SSSR count). The Hall–Kier alpha value is -3.80. The number of anilines is 1. The van der Waals surface area contributed by atoms with Crippen molar-refractivity contribution in [2.24, 2.45) is 0 Å². The maximum atomic E-state index is 13.5. The highest BCUT2D eigenvalue weighted by Gasteiger charge is 2.14. The van der Waals surface area contributed by atoms with Crippen LogP contribution in [0.4, 0.5) is 10.1 Å². The van der Waals surface area contributed by atoms with Gasteiger partial charge in [-0.05, 0) is 55.0 Å². The van der Waals surface area contributed by atoms with Gasteiger partial charge in [-0.3, -0.25) is 4.98 Å². The van der Waals surface area contributed by atoms with Crippen LogP contribution in [0.5, 0.6) is 0 Å². The normalized spacial score (nSPS) is 10.8. The summed E-state index contributed by atoms with van der Waals surface area (Å²) in [5, 5.41) is 13.1. The summed E-state index contributed by atoms with van der Waals surface area (Å²) in [5.41, 5.74) is 4.37. The minimum Gasteiger partial charge on any atom is -0.478 e. The molecule has 0 bridgehead atoms. The van der Waals surface area contributed by atoms with Gasteiger partial charge in [0.2, 0.25) is 0 Å². The third-order valence-electron chi connectivity index (χ3n) is 4.60. The largest absolute Gasteiger partial charge is 0.478 e. The molecule has 6 heteroatoms. The summed E-state index contributed by atoms with van der Waals surface area (Å²) in [5.74, 6) is -1.64. The minimum absolute atomic E-state index is 0.00582. The van der Waals surface area contributed by atoms with Gasteiger partial charge in [-0.2, -0.15) is 0 Å². The maximum absolute atomic E-state index is 13.5. The Kier molecular flexibility index (Phi) is 4.91. The van der Waals surface area contributed by atoms with E-state index in [9.17, 15) is 14.3 Å². The van der Waals surface area contributed by atoms with Crippen molar-refractivity contribution in [1.29, 1.82) is 0 Å². The van der Waals surface area contributed by atoms with E-state index in [0.717, 1.165) is 23.4 Å². The number of aromatic carboxylic acids is 1. The fourth-order valence-electron chi connectivity index (χ4n) is 3.24. The summed E-state index contributed by atoms with van der Waals surface area (Å²) in [6.07, 6.45) is 1.73. The molecule has 0 fully saturated rings. The Bertz CT molecular complexity index is 1210. The Morgan fingerprint density at radius 2 is 1.90 bits per heavy atom. The van der Waals surface area contributed by atoms with Crippen LogP contribution in [0.2, 0.25) is 0 Å². The summed E-state index contributed by atoms with van der Waals surface area (Å²) >= 11 is 0. The predicted octanol–water partition coefficient (Wildman–Crippen LogP) is 5.23. The SMILES string of the molecule is CCNc1cccc(-c2ccc(-c3cc(C(=O)O)c4cc(F)ccc4n3)nc2)c1. The van der Waals surface area contributed by atoms with Gasteiger partial charge in [-0.1, -0.05) is 18.2 Å². The molecule has 0 unspecified atom stereocenters. The topological polar surface area (TPSA) is 75.1 Å². The van der Waals surface area contributed by atoms with Gasteiger partial charge in [0.05, 0.1) is 22.5 Å². The first-order chi connectivity index (χ1) is 14.0. The van der Waals surface area contributed by atoms with Crippen molar-refractivity contribution in [3.8, 4) is 22.5 Å². The van der Waals surface area contributed by atoms with Crippen molar-refractivity contribution in [3.05, 3.63) is 78.2 Å². The van der Waals surface area contributed by atoms with E-state index in [-0.39, 0.29) is 10.9 Å². The van der Waals surface area contributed by atoms with Gasteiger partial charge in [0.25, 0.3) is 0 Å². The van der Waals surface area contributed by atoms with E-state index in [0.29, 0.717) is 16.9 Å². The Morgan fingerprint density at radius 3 is 2.62 bits per heavy atom. The van der Waals surface area contributed by atoms with Crippen LogP contribution in [-0.2, 0) is 0 Å². The smallest absolute Gasteiger partial charge is 0.336 e. The molecule has 0 aliphatic carbocycles. The van der Waals surface area contributed by atoms with E-state index in [2.05, 4.69) is 15.3 Å². The zero-order chi connectivity index (χ0) is 20.4. The lowest BCUT2D eigenvalue weighted by Crippen LogP contribution is -2.01. The molecular formula is C23H18FN3O2. The van der Waals surface area contributed by atoms with Crippen LogP contribution in [0.15, 0.2) is 66.9 Å². The molecule has 0 atom stereocenters. The van der Waals surface area contributed by atoms with E-state index in [1.54, 1.807) is 12.3 Å². The number of carbonyl (C=O) groups is 1. The monoisotopic (exact) mass is 387 g/mol. The summed E-state index contributed by atoms with van der Waals surface area (Å²) in [7, 11) is 0. The number of nitrogens with zero attached hydrogens (tertiary/aromatic N) is 2. The number of benzene rings is 2.